The first-order valence-corrected chi connectivity index (χ1v) is 13.4. The minimum Gasteiger partial charge on any atom is -0.321 e. The molecule has 6 aromatic rings. The quantitative estimate of drug-likeness (QED) is 0.221. The van der Waals surface area contributed by atoms with E-state index in [9.17, 15) is 4.79 Å². The molecule has 0 saturated heterocycles. The maximum atomic E-state index is 12.9. The molecule has 6 rings (SSSR count). The Balaban J connectivity index is 1.35. The highest BCUT2D eigenvalue weighted by Gasteiger charge is 2.15. The Morgan fingerprint density at radius 3 is 2.17 bits per heavy atom. The summed E-state index contributed by atoms with van der Waals surface area (Å²) >= 11 is 6.45. The Morgan fingerprint density at radius 2 is 1.43 bits per heavy atom. The molecule has 1 aromatic heterocycles. The predicted molar refractivity (Wildman–Crippen MR) is 162 cm³/mol. The fraction of sp³-hybridized carbons (Fsp3) is 0.0588. The number of rotatable bonds is 6. The molecular weight excluding hydrogens is 516 g/mol. The van der Waals surface area contributed by atoms with E-state index in [0.29, 0.717) is 22.7 Å². The van der Waals surface area contributed by atoms with Crippen LogP contribution in [0.2, 0.25) is 5.02 Å². The van der Waals surface area contributed by atoms with Gasteiger partial charge in [-0.15, -0.1) is 0 Å². The number of benzene rings is 5. The largest absolute Gasteiger partial charge is 0.321 e. The molecular formula is C34H27ClN4O. The Kier molecular flexibility index (Phi) is 6.81. The second-order valence-corrected chi connectivity index (χ2v) is 10.1. The summed E-state index contributed by atoms with van der Waals surface area (Å²) in [5, 5.41) is 12.8. The monoisotopic (exact) mass is 542 g/mol. The smallest absolute Gasteiger partial charge is 0.255 e. The van der Waals surface area contributed by atoms with Gasteiger partial charge in [-0.3, -0.25) is 14.8 Å². The van der Waals surface area contributed by atoms with Crippen molar-refractivity contribution in [3.8, 4) is 16.8 Å². The molecule has 0 spiro atoms. The molecule has 6 heteroatoms. The molecule has 2 N–H and O–H groups in total. The Bertz CT molecular complexity index is 1900. The van der Waals surface area contributed by atoms with E-state index in [1.807, 2.05) is 137 Å². The van der Waals surface area contributed by atoms with E-state index < -0.39 is 0 Å². The molecule has 0 aliphatic rings. The standard InChI is InChI=1S/C34H27ClN4O/c1-23-14-16-25(17-15-23)33(40)37-30-11-5-3-9-28(30)24-18-20-27(21-19-24)39-32-13-7-6-12-31(32)38(34(39)36)22-26-8-2-4-10-29(26)35/h2-21,36H,22H2,1H3,(H,37,40). The first-order chi connectivity index (χ1) is 19.5. The van der Waals surface area contributed by atoms with Crippen molar-refractivity contribution in [3.05, 3.63) is 149 Å². The number of aromatic nitrogens is 2. The number of aryl methyl sites for hydroxylation is 1. The van der Waals surface area contributed by atoms with Crippen molar-refractivity contribution in [2.75, 3.05) is 5.32 Å². The van der Waals surface area contributed by atoms with Crippen molar-refractivity contribution in [3.63, 3.8) is 0 Å². The molecule has 0 aliphatic heterocycles. The summed E-state index contributed by atoms with van der Waals surface area (Å²) in [6.45, 7) is 2.50. The highest BCUT2D eigenvalue weighted by atomic mass is 35.5. The minimum absolute atomic E-state index is 0.148. The predicted octanol–water partition coefficient (Wildman–Crippen LogP) is 7.84. The third-order valence-electron chi connectivity index (χ3n) is 7.09. The first-order valence-electron chi connectivity index (χ1n) is 13.1. The SMILES string of the molecule is Cc1ccc(C(=O)Nc2ccccc2-c2ccc(-n3c(=N)n(Cc4ccccc4Cl)c4ccccc43)cc2)cc1. The Hall–Kier alpha value is -4.87. The first kappa shape index (κ1) is 25.4. The van der Waals surface area contributed by atoms with Gasteiger partial charge in [-0.25, -0.2) is 0 Å². The van der Waals surface area contributed by atoms with Crippen molar-refractivity contribution in [1.29, 1.82) is 5.41 Å². The Morgan fingerprint density at radius 1 is 0.775 bits per heavy atom. The summed E-state index contributed by atoms with van der Waals surface area (Å²) in [5.74, 6) is -0.148. The second kappa shape index (κ2) is 10.7. The molecule has 1 amide bonds. The van der Waals surface area contributed by atoms with Gasteiger partial charge in [-0.1, -0.05) is 90.0 Å². The molecule has 196 valence electrons. The van der Waals surface area contributed by atoms with E-state index in [-0.39, 0.29) is 5.91 Å². The Labute approximate surface area is 237 Å². The summed E-state index contributed by atoms with van der Waals surface area (Å²) in [6.07, 6.45) is 0. The summed E-state index contributed by atoms with van der Waals surface area (Å²) in [5.41, 5.74) is 8.46. The van der Waals surface area contributed by atoms with Crippen LogP contribution in [0.4, 0.5) is 5.69 Å². The fourth-order valence-electron chi connectivity index (χ4n) is 4.98. The lowest BCUT2D eigenvalue weighted by Crippen LogP contribution is -2.24. The number of para-hydroxylation sites is 3. The highest BCUT2D eigenvalue weighted by molar-refractivity contribution is 6.31. The number of nitrogens with one attached hydrogen (secondary N) is 2. The van der Waals surface area contributed by atoms with Gasteiger partial charge in [0.15, 0.2) is 0 Å². The number of hydrogen-bond acceptors (Lipinski definition) is 2. The summed E-state index contributed by atoms with van der Waals surface area (Å²) in [4.78, 5) is 12.9. The van der Waals surface area contributed by atoms with Crippen molar-refractivity contribution in [2.24, 2.45) is 0 Å². The van der Waals surface area contributed by atoms with Crippen molar-refractivity contribution in [2.45, 2.75) is 13.5 Å². The summed E-state index contributed by atoms with van der Waals surface area (Å²) < 4.78 is 3.92. The van der Waals surface area contributed by atoms with Gasteiger partial charge in [-0.05, 0) is 66.6 Å². The van der Waals surface area contributed by atoms with Gasteiger partial charge in [0, 0.05) is 27.5 Å². The van der Waals surface area contributed by atoms with Crippen LogP contribution in [0.1, 0.15) is 21.5 Å². The van der Waals surface area contributed by atoms with Gasteiger partial charge in [0.05, 0.1) is 17.6 Å². The maximum absolute atomic E-state index is 12.9. The number of amides is 1. The number of fused-ring (bicyclic) bond motifs is 1. The van der Waals surface area contributed by atoms with Crippen molar-refractivity contribution < 1.29 is 4.79 Å². The molecule has 0 aliphatic carbocycles. The van der Waals surface area contributed by atoms with Crippen LogP contribution in [0.25, 0.3) is 27.8 Å². The van der Waals surface area contributed by atoms with Crippen LogP contribution in [0.5, 0.6) is 0 Å². The van der Waals surface area contributed by atoms with Crippen molar-refractivity contribution >= 4 is 34.2 Å². The van der Waals surface area contributed by atoms with Crippen LogP contribution in [0, 0.1) is 12.3 Å². The zero-order valence-electron chi connectivity index (χ0n) is 21.9. The van der Waals surface area contributed by atoms with Gasteiger partial charge < -0.3 is 9.88 Å². The molecule has 40 heavy (non-hydrogen) atoms. The molecule has 0 saturated carbocycles. The van der Waals surface area contributed by atoms with Crippen LogP contribution in [0.3, 0.4) is 0 Å². The average Bonchev–Trinajstić information content (AvgIpc) is 3.26. The number of hydrogen-bond donors (Lipinski definition) is 2. The van der Waals surface area contributed by atoms with E-state index in [2.05, 4.69) is 5.32 Å². The van der Waals surface area contributed by atoms with Gasteiger partial charge in [0.25, 0.3) is 5.91 Å². The van der Waals surface area contributed by atoms with Gasteiger partial charge in [0.1, 0.15) is 0 Å². The average molecular weight is 543 g/mol. The van der Waals surface area contributed by atoms with Crippen LogP contribution < -0.4 is 10.9 Å². The molecule has 5 nitrogen and oxygen atoms in total. The zero-order valence-corrected chi connectivity index (χ0v) is 22.7. The van der Waals surface area contributed by atoms with Crippen molar-refractivity contribution in [1.82, 2.24) is 9.13 Å². The topological polar surface area (TPSA) is 62.8 Å². The highest BCUT2D eigenvalue weighted by Crippen LogP contribution is 2.30. The number of halogens is 1. The molecule has 0 bridgehead atoms. The third kappa shape index (κ3) is 4.83. The molecule has 0 radical (unpaired) electrons. The van der Waals surface area contributed by atoms with Crippen LogP contribution in [-0.2, 0) is 6.54 Å². The summed E-state index contributed by atoms with van der Waals surface area (Å²) in [6, 6.07) is 39.2. The number of imidazole rings is 1. The third-order valence-corrected chi connectivity index (χ3v) is 7.46. The molecule has 0 unspecified atom stereocenters. The van der Waals surface area contributed by atoms with Crippen LogP contribution in [0.15, 0.2) is 121 Å². The van der Waals surface area contributed by atoms with E-state index in [1.54, 1.807) is 0 Å². The minimum atomic E-state index is -0.148. The fourth-order valence-corrected chi connectivity index (χ4v) is 5.18. The summed E-state index contributed by atoms with van der Waals surface area (Å²) in [7, 11) is 0. The van der Waals surface area contributed by atoms with E-state index in [1.165, 1.54) is 0 Å². The van der Waals surface area contributed by atoms with Crippen LogP contribution >= 0.6 is 11.6 Å². The number of carbonyl (C=O) groups excluding carboxylic acids is 1. The van der Waals surface area contributed by atoms with Gasteiger partial charge in [0.2, 0.25) is 5.62 Å². The second-order valence-electron chi connectivity index (χ2n) is 9.74. The van der Waals surface area contributed by atoms with E-state index >= 15 is 0 Å². The molecule has 1 heterocycles. The van der Waals surface area contributed by atoms with Gasteiger partial charge >= 0.3 is 0 Å². The molecule has 5 aromatic carbocycles. The lowest BCUT2D eigenvalue weighted by Gasteiger charge is -2.13. The normalized spacial score (nSPS) is 11.1. The van der Waals surface area contributed by atoms with Crippen LogP contribution in [-0.4, -0.2) is 15.0 Å². The molecule has 0 fully saturated rings. The lowest BCUT2D eigenvalue weighted by atomic mass is 10.0. The zero-order chi connectivity index (χ0) is 27.6. The number of nitrogens with zero attached hydrogens (tertiary/aromatic N) is 2. The van der Waals surface area contributed by atoms with Gasteiger partial charge in [-0.2, -0.15) is 0 Å². The lowest BCUT2D eigenvalue weighted by molar-refractivity contribution is 0.102. The van der Waals surface area contributed by atoms with E-state index in [0.717, 1.165) is 44.7 Å². The number of anilines is 1. The maximum Gasteiger partial charge on any atom is 0.255 e. The molecule has 0 atom stereocenters. The number of carbonyl (C=O) groups is 1. The van der Waals surface area contributed by atoms with E-state index in [4.69, 9.17) is 17.0 Å².